The molecule has 0 aliphatic heterocycles. The molecule has 0 amide bonds. The van der Waals surface area contributed by atoms with Gasteiger partial charge in [0.1, 0.15) is 10.0 Å². The fourth-order valence-electron chi connectivity index (χ4n) is 1.27. The Morgan fingerprint density at radius 1 is 1.53 bits per heavy atom. The van der Waals surface area contributed by atoms with Crippen LogP contribution in [0.5, 0.6) is 0 Å². The molecule has 19 heavy (non-hydrogen) atoms. The lowest BCUT2D eigenvalue weighted by Gasteiger charge is -2.22. The van der Waals surface area contributed by atoms with Crippen molar-refractivity contribution >= 4 is 27.2 Å². The quantitative estimate of drug-likeness (QED) is 0.319. The van der Waals surface area contributed by atoms with Gasteiger partial charge in [0.05, 0.1) is 0 Å². The van der Waals surface area contributed by atoms with Crippen LogP contribution in [0.25, 0.3) is 0 Å². The lowest BCUT2D eigenvalue weighted by atomic mass is 9.93. The predicted molar refractivity (Wildman–Crippen MR) is 76.1 cm³/mol. The van der Waals surface area contributed by atoms with Gasteiger partial charge in [0.15, 0.2) is 0 Å². The first-order valence-electron chi connectivity index (χ1n) is 5.79. The molecule has 1 heterocycles. The van der Waals surface area contributed by atoms with E-state index in [1.54, 1.807) is 26.0 Å². The lowest BCUT2D eigenvalue weighted by molar-refractivity contribution is 0.307. The minimum absolute atomic E-state index is 0.0179. The Kier molecular flexibility index (Phi) is 4.94. The molecule has 0 unspecified atom stereocenters. The Morgan fingerprint density at radius 2 is 2.16 bits per heavy atom. The zero-order chi connectivity index (χ0) is 14.7. The summed E-state index contributed by atoms with van der Waals surface area (Å²) in [7, 11) is -3.55. The fraction of sp³-hybridized carbons (Fsp3) is 0.545. The van der Waals surface area contributed by atoms with Crippen LogP contribution in [-0.2, 0) is 16.4 Å². The van der Waals surface area contributed by atoms with E-state index in [0.29, 0.717) is 0 Å². The summed E-state index contributed by atoms with van der Waals surface area (Å²) in [6.07, 6.45) is 0.801. The van der Waals surface area contributed by atoms with E-state index in [-0.39, 0.29) is 16.6 Å². The van der Waals surface area contributed by atoms with Gasteiger partial charge in [0.25, 0.3) is 0 Å². The van der Waals surface area contributed by atoms with Crippen molar-refractivity contribution in [1.29, 1.82) is 0 Å². The van der Waals surface area contributed by atoms with Gasteiger partial charge in [-0.1, -0.05) is 25.9 Å². The Balaban J connectivity index is 2.81. The number of sulfonamides is 1. The van der Waals surface area contributed by atoms with Crippen molar-refractivity contribution in [2.75, 3.05) is 6.54 Å². The Hall–Kier alpha value is -1.12. The van der Waals surface area contributed by atoms with Gasteiger partial charge in [-0.25, -0.2) is 13.1 Å². The molecule has 0 aliphatic carbocycles. The average molecular weight is 305 g/mol. The zero-order valence-corrected chi connectivity index (χ0v) is 12.8. The molecule has 0 aliphatic rings. The van der Waals surface area contributed by atoms with Crippen LogP contribution in [0.15, 0.2) is 21.5 Å². The number of nitrogens with two attached hydrogens (primary N) is 1. The Labute approximate surface area is 117 Å². The summed E-state index contributed by atoms with van der Waals surface area (Å²) in [5.74, 6) is -0.0179. The predicted octanol–water partition coefficient (Wildman–Crippen LogP) is 1.36. The van der Waals surface area contributed by atoms with E-state index in [2.05, 4.69) is 9.88 Å². The van der Waals surface area contributed by atoms with Crippen LogP contribution in [0.2, 0.25) is 0 Å². The molecule has 0 saturated carbocycles. The number of aryl methyl sites for hydroxylation is 1. The minimum Gasteiger partial charge on any atom is -0.409 e. The minimum atomic E-state index is -3.55. The van der Waals surface area contributed by atoms with Gasteiger partial charge in [-0.2, -0.15) is 0 Å². The first-order chi connectivity index (χ1) is 8.73. The summed E-state index contributed by atoms with van der Waals surface area (Å²) in [5.41, 5.74) is 4.75. The first kappa shape index (κ1) is 15.9. The van der Waals surface area contributed by atoms with E-state index in [1.807, 2.05) is 6.92 Å². The summed E-state index contributed by atoms with van der Waals surface area (Å²) >= 11 is 1.24. The highest BCUT2D eigenvalue weighted by Gasteiger charge is 2.27. The molecule has 0 atom stereocenters. The number of amidine groups is 1. The third kappa shape index (κ3) is 3.92. The molecule has 6 nitrogen and oxygen atoms in total. The number of hydrogen-bond acceptors (Lipinski definition) is 5. The van der Waals surface area contributed by atoms with Crippen molar-refractivity contribution in [2.24, 2.45) is 16.3 Å². The van der Waals surface area contributed by atoms with Gasteiger partial charge in [-0.15, -0.1) is 11.3 Å². The molecule has 1 aromatic rings. The number of thiophene rings is 1. The van der Waals surface area contributed by atoms with E-state index < -0.39 is 15.4 Å². The number of hydrogen-bond donors (Lipinski definition) is 3. The largest absolute Gasteiger partial charge is 0.409 e. The summed E-state index contributed by atoms with van der Waals surface area (Å²) in [5, 5.41) is 11.6. The maximum absolute atomic E-state index is 12.1. The third-order valence-corrected chi connectivity index (χ3v) is 5.88. The zero-order valence-electron chi connectivity index (χ0n) is 11.2. The summed E-state index contributed by atoms with van der Waals surface area (Å²) in [4.78, 5) is 1.01. The SMILES string of the molecule is CCc1ccc(S(=O)(=O)NCC(C)(C)/C(N)=N/O)s1. The summed E-state index contributed by atoms with van der Waals surface area (Å²) in [6.45, 7) is 5.41. The van der Waals surface area contributed by atoms with Crippen LogP contribution in [0.4, 0.5) is 0 Å². The topological polar surface area (TPSA) is 105 Å². The number of nitrogens with one attached hydrogen (secondary N) is 1. The van der Waals surface area contributed by atoms with E-state index in [9.17, 15) is 8.42 Å². The van der Waals surface area contributed by atoms with Crippen LogP contribution >= 0.6 is 11.3 Å². The molecule has 108 valence electrons. The van der Waals surface area contributed by atoms with Crippen molar-refractivity contribution in [3.8, 4) is 0 Å². The Morgan fingerprint density at radius 3 is 2.63 bits per heavy atom. The average Bonchev–Trinajstić information content (AvgIpc) is 2.85. The molecule has 1 rings (SSSR count). The van der Waals surface area contributed by atoms with Crippen LogP contribution in [0, 0.1) is 5.41 Å². The molecule has 0 radical (unpaired) electrons. The molecule has 0 fully saturated rings. The standard InChI is InChI=1S/C11H19N3O3S2/c1-4-8-5-6-9(18-8)19(16,17)13-7-11(2,3)10(12)14-15/h5-6,13,15H,4,7H2,1-3H3,(H2,12,14). The molecular formula is C11H19N3O3S2. The van der Waals surface area contributed by atoms with Crippen molar-refractivity contribution in [2.45, 2.75) is 31.4 Å². The molecule has 0 saturated heterocycles. The van der Waals surface area contributed by atoms with Gasteiger partial charge in [-0.3, -0.25) is 0 Å². The van der Waals surface area contributed by atoms with Crippen molar-refractivity contribution in [1.82, 2.24) is 4.72 Å². The van der Waals surface area contributed by atoms with Gasteiger partial charge in [0.2, 0.25) is 10.0 Å². The second-order valence-electron chi connectivity index (χ2n) is 4.77. The maximum Gasteiger partial charge on any atom is 0.250 e. The van der Waals surface area contributed by atoms with Gasteiger partial charge >= 0.3 is 0 Å². The third-order valence-electron chi connectivity index (χ3n) is 2.76. The summed E-state index contributed by atoms with van der Waals surface area (Å²) in [6, 6.07) is 3.39. The number of rotatable bonds is 6. The van der Waals surface area contributed by atoms with Crippen LogP contribution in [0.3, 0.4) is 0 Å². The van der Waals surface area contributed by atoms with Crippen molar-refractivity contribution in [3.05, 3.63) is 17.0 Å². The molecule has 8 heteroatoms. The molecule has 0 spiro atoms. The monoisotopic (exact) mass is 305 g/mol. The first-order valence-corrected chi connectivity index (χ1v) is 8.09. The molecule has 4 N–H and O–H groups in total. The highest BCUT2D eigenvalue weighted by molar-refractivity contribution is 7.91. The van der Waals surface area contributed by atoms with Crippen molar-refractivity contribution < 1.29 is 13.6 Å². The highest BCUT2D eigenvalue weighted by Crippen LogP contribution is 2.22. The van der Waals surface area contributed by atoms with Gasteiger partial charge in [0, 0.05) is 16.8 Å². The van der Waals surface area contributed by atoms with Gasteiger partial charge in [-0.05, 0) is 18.6 Å². The number of oxime groups is 1. The van der Waals surface area contributed by atoms with Crippen LogP contribution in [0.1, 0.15) is 25.6 Å². The van der Waals surface area contributed by atoms with E-state index in [0.717, 1.165) is 11.3 Å². The van der Waals surface area contributed by atoms with Crippen LogP contribution in [-0.4, -0.2) is 26.0 Å². The van der Waals surface area contributed by atoms with Crippen molar-refractivity contribution in [3.63, 3.8) is 0 Å². The second kappa shape index (κ2) is 5.89. The molecule has 0 aromatic carbocycles. The Bertz CT molecular complexity index is 561. The van der Waals surface area contributed by atoms with E-state index in [1.165, 1.54) is 11.3 Å². The van der Waals surface area contributed by atoms with Crippen LogP contribution < -0.4 is 10.5 Å². The fourth-order valence-corrected chi connectivity index (χ4v) is 3.82. The number of nitrogens with zero attached hydrogens (tertiary/aromatic N) is 1. The molecule has 0 bridgehead atoms. The molecular weight excluding hydrogens is 286 g/mol. The summed E-state index contributed by atoms with van der Waals surface area (Å²) < 4.78 is 26.9. The molecule has 1 aromatic heterocycles. The second-order valence-corrected chi connectivity index (χ2v) is 7.93. The lowest BCUT2D eigenvalue weighted by Crippen LogP contribution is -2.42. The smallest absolute Gasteiger partial charge is 0.250 e. The van der Waals surface area contributed by atoms with Gasteiger partial charge < -0.3 is 10.9 Å². The highest BCUT2D eigenvalue weighted by atomic mass is 32.2. The maximum atomic E-state index is 12.1. The van der Waals surface area contributed by atoms with E-state index >= 15 is 0 Å². The van der Waals surface area contributed by atoms with E-state index in [4.69, 9.17) is 10.9 Å². The normalized spacial score (nSPS) is 13.7.